The quantitative estimate of drug-likeness (QED) is 0.693. The zero-order valence-electron chi connectivity index (χ0n) is 8.90. The summed E-state index contributed by atoms with van der Waals surface area (Å²) < 4.78 is 3.96. The lowest BCUT2D eigenvalue weighted by Crippen LogP contribution is -1.98. The molecule has 0 aliphatic rings. The molecular formula is C12H10BrN3S. The number of para-hydroxylation sites is 1. The molecule has 0 spiro atoms. The highest BCUT2D eigenvalue weighted by Crippen LogP contribution is 2.25. The van der Waals surface area contributed by atoms with E-state index in [1.807, 2.05) is 12.3 Å². The molecule has 0 atom stereocenters. The first-order chi connectivity index (χ1) is 8.24. The molecule has 0 aliphatic heterocycles. The lowest BCUT2D eigenvalue weighted by Gasteiger charge is -2.04. The molecular weight excluding hydrogens is 298 g/mol. The van der Waals surface area contributed by atoms with Crippen LogP contribution in [0.25, 0.3) is 10.9 Å². The number of nitrogens with one attached hydrogen (secondary N) is 2. The van der Waals surface area contributed by atoms with Gasteiger partial charge in [-0.2, -0.15) is 0 Å². The molecule has 1 aromatic carbocycles. The lowest BCUT2D eigenvalue weighted by molar-refractivity contribution is 0.812. The van der Waals surface area contributed by atoms with E-state index in [0.29, 0.717) is 4.77 Å². The van der Waals surface area contributed by atoms with Crippen molar-refractivity contribution in [2.24, 2.45) is 0 Å². The van der Waals surface area contributed by atoms with Crippen molar-refractivity contribution in [3.63, 3.8) is 0 Å². The maximum absolute atomic E-state index is 5.02. The third kappa shape index (κ3) is 1.96. The summed E-state index contributed by atoms with van der Waals surface area (Å²) in [5.74, 6) is 0. The molecule has 3 nitrogen and oxygen atoms in total. The first kappa shape index (κ1) is 10.8. The Balaban J connectivity index is 2.09. The number of aromatic nitrogens is 3. The highest BCUT2D eigenvalue weighted by Gasteiger charge is 2.05. The van der Waals surface area contributed by atoms with Crippen LogP contribution >= 0.6 is 28.1 Å². The summed E-state index contributed by atoms with van der Waals surface area (Å²) >= 11 is 8.61. The zero-order valence-corrected chi connectivity index (χ0v) is 11.3. The standard InChI is InChI=1S/C12H10BrN3S/c13-10-3-1-2-8-4-5-16(11(8)10)7-9-6-14-12(17)15-9/h1-6H,7H2,(H2,14,15,17). The van der Waals surface area contributed by atoms with Gasteiger partial charge in [0.25, 0.3) is 0 Å². The number of hydrogen-bond donors (Lipinski definition) is 2. The van der Waals surface area contributed by atoms with Crippen LogP contribution in [0.15, 0.2) is 41.1 Å². The topological polar surface area (TPSA) is 36.5 Å². The normalized spacial score (nSPS) is 11.1. The number of nitrogens with zero attached hydrogens (tertiary/aromatic N) is 1. The monoisotopic (exact) mass is 307 g/mol. The van der Waals surface area contributed by atoms with Crippen molar-refractivity contribution in [3.8, 4) is 0 Å². The van der Waals surface area contributed by atoms with Crippen LogP contribution in [0.4, 0.5) is 0 Å². The van der Waals surface area contributed by atoms with Gasteiger partial charge in [-0.1, -0.05) is 12.1 Å². The minimum atomic E-state index is 0.663. The van der Waals surface area contributed by atoms with Gasteiger partial charge in [0.15, 0.2) is 4.77 Å². The van der Waals surface area contributed by atoms with Crippen LogP contribution in [0.5, 0.6) is 0 Å². The maximum Gasteiger partial charge on any atom is 0.174 e. The number of halogens is 1. The van der Waals surface area contributed by atoms with Crippen molar-refractivity contribution < 1.29 is 0 Å². The summed E-state index contributed by atoms with van der Waals surface area (Å²) in [7, 11) is 0. The molecule has 0 amide bonds. The molecule has 3 rings (SSSR count). The minimum Gasteiger partial charge on any atom is -0.341 e. The summed E-state index contributed by atoms with van der Waals surface area (Å²) in [6, 6.07) is 8.32. The summed E-state index contributed by atoms with van der Waals surface area (Å²) in [5, 5.41) is 1.23. The Kier molecular flexibility index (Phi) is 2.64. The van der Waals surface area contributed by atoms with Gasteiger partial charge in [0, 0.05) is 22.3 Å². The number of H-pyrrole nitrogens is 2. The van der Waals surface area contributed by atoms with Crippen molar-refractivity contribution in [1.29, 1.82) is 0 Å². The average molecular weight is 308 g/mol. The van der Waals surface area contributed by atoms with E-state index in [4.69, 9.17) is 12.2 Å². The molecule has 5 heteroatoms. The second-order valence-electron chi connectivity index (χ2n) is 3.89. The van der Waals surface area contributed by atoms with Gasteiger partial charge in [-0.15, -0.1) is 0 Å². The Hall–Kier alpha value is -1.33. The first-order valence-corrected chi connectivity index (χ1v) is 6.44. The molecule has 0 fully saturated rings. The molecule has 0 unspecified atom stereocenters. The van der Waals surface area contributed by atoms with Gasteiger partial charge >= 0.3 is 0 Å². The SMILES string of the molecule is S=c1[nH]cc(Cn2ccc3cccc(Br)c32)[nH]1. The molecule has 3 aromatic rings. The highest BCUT2D eigenvalue weighted by atomic mass is 79.9. The van der Waals surface area contributed by atoms with Crippen LogP contribution in [0.3, 0.4) is 0 Å². The maximum atomic E-state index is 5.02. The minimum absolute atomic E-state index is 0.663. The molecule has 2 heterocycles. The van der Waals surface area contributed by atoms with Crippen molar-refractivity contribution in [2.75, 3.05) is 0 Å². The van der Waals surface area contributed by atoms with Crippen LogP contribution < -0.4 is 0 Å². The number of benzene rings is 1. The molecule has 0 aliphatic carbocycles. The number of hydrogen-bond acceptors (Lipinski definition) is 1. The van der Waals surface area contributed by atoms with E-state index in [1.165, 1.54) is 10.9 Å². The summed E-state index contributed by atoms with van der Waals surface area (Å²) in [4.78, 5) is 6.10. The summed E-state index contributed by atoms with van der Waals surface area (Å²) in [6.07, 6.45) is 3.99. The van der Waals surface area contributed by atoms with Crippen LogP contribution in [0, 0.1) is 4.77 Å². The number of imidazole rings is 1. The van der Waals surface area contributed by atoms with Crippen molar-refractivity contribution in [3.05, 3.63) is 51.6 Å². The molecule has 17 heavy (non-hydrogen) atoms. The van der Waals surface area contributed by atoms with E-state index in [-0.39, 0.29) is 0 Å². The van der Waals surface area contributed by atoms with E-state index in [2.05, 4.69) is 54.9 Å². The number of aromatic amines is 2. The van der Waals surface area contributed by atoms with Gasteiger partial charge < -0.3 is 14.5 Å². The van der Waals surface area contributed by atoms with Gasteiger partial charge in [-0.25, -0.2) is 0 Å². The van der Waals surface area contributed by atoms with E-state index in [1.54, 1.807) is 0 Å². The van der Waals surface area contributed by atoms with Gasteiger partial charge in [0.2, 0.25) is 0 Å². The van der Waals surface area contributed by atoms with Crippen LogP contribution in [-0.4, -0.2) is 14.5 Å². The molecule has 0 saturated carbocycles. The predicted molar refractivity (Wildman–Crippen MR) is 74.7 cm³/mol. The van der Waals surface area contributed by atoms with Gasteiger partial charge in [0.1, 0.15) is 0 Å². The lowest BCUT2D eigenvalue weighted by atomic mass is 10.2. The van der Waals surface area contributed by atoms with E-state index in [9.17, 15) is 0 Å². The Morgan fingerprint density at radius 2 is 2.18 bits per heavy atom. The Labute approximate surface area is 112 Å². The predicted octanol–water partition coefficient (Wildman–Crippen LogP) is 3.84. The van der Waals surface area contributed by atoms with Gasteiger partial charge in [-0.3, -0.25) is 0 Å². The smallest absolute Gasteiger partial charge is 0.174 e. The largest absolute Gasteiger partial charge is 0.341 e. The van der Waals surface area contributed by atoms with E-state index < -0.39 is 0 Å². The highest BCUT2D eigenvalue weighted by molar-refractivity contribution is 9.10. The second-order valence-corrected chi connectivity index (χ2v) is 5.15. The zero-order chi connectivity index (χ0) is 11.8. The molecule has 86 valence electrons. The van der Waals surface area contributed by atoms with E-state index in [0.717, 1.165) is 16.7 Å². The van der Waals surface area contributed by atoms with Crippen molar-refractivity contribution in [1.82, 2.24) is 14.5 Å². The number of rotatable bonds is 2. The van der Waals surface area contributed by atoms with Gasteiger partial charge in [0.05, 0.1) is 17.8 Å². The van der Waals surface area contributed by atoms with Gasteiger partial charge in [-0.05, 0) is 40.3 Å². The second kappa shape index (κ2) is 4.16. The molecule has 2 aromatic heterocycles. The fourth-order valence-electron chi connectivity index (χ4n) is 1.99. The average Bonchev–Trinajstić information content (AvgIpc) is 2.88. The third-order valence-corrected chi connectivity index (χ3v) is 3.59. The Morgan fingerprint density at radius 3 is 2.94 bits per heavy atom. The van der Waals surface area contributed by atoms with Crippen LogP contribution in [-0.2, 0) is 6.54 Å². The van der Waals surface area contributed by atoms with Crippen LogP contribution in [0.2, 0.25) is 0 Å². The first-order valence-electron chi connectivity index (χ1n) is 5.24. The van der Waals surface area contributed by atoms with Crippen molar-refractivity contribution >= 4 is 39.1 Å². The Bertz CT molecular complexity index is 723. The fraction of sp³-hybridized carbons (Fsp3) is 0.0833. The Morgan fingerprint density at radius 1 is 1.29 bits per heavy atom. The van der Waals surface area contributed by atoms with Crippen LogP contribution in [0.1, 0.15) is 5.69 Å². The fourth-order valence-corrected chi connectivity index (χ4v) is 2.78. The summed E-state index contributed by atoms with van der Waals surface area (Å²) in [5.41, 5.74) is 2.27. The van der Waals surface area contributed by atoms with E-state index >= 15 is 0 Å². The molecule has 2 N–H and O–H groups in total. The molecule has 0 saturated heterocycles. The third-order valence-electron chi connectivity index (χ3n) is 2.73. The number of fused-ring (bicyclic) bond motifs is 1. The van der Waals surface area contributed by atoms with Crippen molar-refractivity contribution in [2.45, 2.75) is 6.54 Å². The molecule has 0 radical (unpaired) electrons. The summed E-state index contributed by atoms with van der Waals surface area (Å²) in [6.45, 7) is 0.777. The molecule has 0 bridgehead atoms.